The molecule has 2 aliphatic rings. The molecule has 0 unspecified atom stereocenters. The quantitative estimate of drug-likeness (QED) is 0.343. The van der Waals surface area contributed by atoms with Crippen molar-refractivity contribution in [3.63, 3.8) is 0 Å². The number of aryl methyl sites for hydroxylation is 1. The molecule has 1 saturated heterocycles. The predicted octanol–water partition coefficient (Wildman–Crippen LogP) is 4.18. The fraction of sp³-hybridized carbons (Fsp3) is 0.429. The van der Waals surface area contributed by atoms with Crippen LogP contribution in [0.2, 0.25) is 19.6 Å². The Morgan fingerprint density at radius 3 is 2.38 bits per heavy atom. The first kappa shape index (κ1) is 24.1. The first-order chi connectivity index (χ1) is 17.8. The van der Waals surface area contributed by atoms with Crippen molar-refractivity contribution in [3.05, 3.63) is 59.9 Å². The van der Waals surface area contributed by atoms with Crippen molar-refractivity contribution < 1.29 is 4.52 Å². The second-order valence-corrected chi connectivity index (χ2v) is 16.4. The summed E-state index contributed by atoms with van der Waals surface area (Å²) >= 11 is 0. The maximum atomic E-state index is 5.58. The van der Waals surface area contributed by atoms with Crippen LogP contribution in [0.15, 0.2) is 53.2 Å². The van der Waals surface area contributed by atoms with Crippen LogP contribution in [0.25, 0.3) is 23.0 Å². The van der Waals surface area contributed by atoms with Crippen LogP contribution < -0.4 is 10.1 Å². The zero-order valence-corrected chi connectivity index (χ0v) is 23.2. The fourth-order valence-electron chi connectivity index (χ4n) is 4.96. The molecule has 3 aromatic heterocycles. The zero-order valence-electron chi connectivity index (χ0n) is 22.2. The number of anilines is 1. The average molecular weight is 514 g/mol. The van der Waals surface area contributed by atoms with Crippen LogP contribution in [0.1, 0.15) is 24.1 Å². The minimum absolute atomic E-state index is 0.435. The van der Waals surface area contributed by atoms with Crippen molar-refractivity contribution in [2.45, 2.75) is 52.0 Å². The Bertz CT molecular complexity index is 1360. The molecule has 0 bridgehead atoms. The van der Waals surface area contributed by atoms with Crippen LogP contribution in [0.5, 0.6) is 0 Å². The molecule has 1 aliphatic carbocycles. The Labute approximate surface area is 219 Å². The predicted molar refractivity (Wildman–Crippen MR) is 149 cm³/mol. The van der Waals surface area contributed by atoms with E-state index in [9.17, 15) is 0 Å². The fourth-order valence-corrected chi connectivity index (χ4v) is 6.13. The number of nitrogens with zero attached hydrogens (tertiary/aromatic N) is 7. The first-order valence-electron chi connectivity index (χ1n) is 13.3. The Kier molecular flexibility index (Phi) is 6.20. The maximum absolute atomic E-state index is 5.58. The third kappa shape index (κ3) is 5.24. The second kappa shape index (κ2) is 9.53. The largest absolute Gasteiger partial charge is 0.354 e. The van der Waals surface area contributed by atoms with Crippen molar-refractivity contribution in [2.75, 3.05) is 31.1 Å². The summed E-state index contributed by atoms with van der Waals surface area (Å²) in [6, 6.07) is 15.7. The number of hydrogen-bond donors (Lipinski definition) is 0. The number of hydrogen-bond acceptors (Lipinski definition) is 7. The molecule has 2 fully saturated rings. The Balaban J connectivity index is 1.11. The summed E-state index contributed by atoms with van der Waals surface area (Å²) in [6.07, 6.45) is 4.72. The highest BCUT2D eigenvalue weighted by molar-refractivity contribution is 6.88. The molecular formula is C28H35N7OSi. The van der Waals surface area contributed by atoms with Gasteiger partial charge in [0.2, 0.25) is 5.82 Å². The lowest BCUT2D eigenvalue weighted by Gasteiger charge is -2.35. The molecule has 0 N–H and O–H groups in total. The number of benzene rings is 1. The van der Waals surface area contributed by atoms with Crippen LogP contribution >= 0.6 is 0 Å². The molecule has 1 aliphatic heterocycles. The smallest absolute Gasteiger partial charge is 0.278 e. The lowest BCUT2D eigenvalue weighted by Crippen LogP contribution is -2.47. The van der Waals surface area contributed by atoms with Gasteiger partial charge in [0.1, 0.15) is 5.82 Å². The monoisotopic (exact) mass is 513 g/mol. The zero-order chi connectivity index (χ0) is 25.6. The molecule has 9 heteroatoms. The Morgan fingerprint density at radius 2 is 1.73 bits per heavy atom. The van der Waals surface area contributed by atoms with Gasteiger partial charge in [-0.3, -0.25) is 9.58 Å². The third-order valence-electron chi connectivity index (χ3n) is 7.48. The summed E-state index contributed by atoms with van der Waals surface area (Å²) in [4.78, 5) is 14.4. The molecule has 1 saturated carbocycles. The number of aromatic nitrogens is 5. The molecule has 8 nitrogen and oxygen atoms in total. The average Bonchev–Trinajstić information content (AvgIpc) is 3.52. The molecule has 6 rings (SSSR count). The first-order valence-corrected chi connectivity index (χ1v) is 16.8. The van der Waals surface area contributed by atoms with Gasteiger partial charge >= 0.3 is 0 Å². The molecule has 1 aromatic carbocycles. The van der Waals surface area contributed by atoms with Crippen molar-refractivity contribution >= 4 is 19.1 Å². The maximum Gasteiger partial charge on any atom is 0.278 e. The van der Waals surface area contributed by atoms with Crippen molar-refractivity contribution in [1.82, 2.24) is 29.8 Å². The van der Waals surface area contributed by atoms with Crippen molar-refractivity contribution in [3.8, 4) is 23.0 Å². The van der Waals surface area contributed by atoms with Gasteiger partial charge in [0.05, 0.1) is 14.6 Å². The van der Waals surface area contributed by atoms with Crippen molar-refractivity contribution in [1.29, 1.82) is 0 Å². The van der Waals surface area contributed by atoms with Gasteiger partial charge in [-0.1, -0.05) is 60.3 Å². The van der Waals surface area contributed by atoms with E-state index in [4.69, 9.17) is 14.6 Å². The van der Waals surface area contributed by atoms with E-state index in [0.29, 0.717) is 24.0 Å². The van der Waals surface area contributed by atoms with E-state index in [1.54, 1.807) is 0 Å². The van der Waals surface area contributed by atoms with Crippen LogP contribution in [-0.2, 0) is 6.54 Å². The molecule has 0 radical (unpaired) electrons. The van der Waals surface area contributed by atoms with Gasteiger partial charge in [-0.05, 0) is 37.5 Å². The van der Waals surface area contributed by atoms with Crippen LogP contribution in [0.4, 0.5) is 5.82 Å². The Morgan fingerprint density at radius 1 is 0.973 bits per heavy atom. The van der Waals surface area contributed by atoms with E-state index in [-0.39, 0.29) is 0 Å². The van der Waals surface area contributed by atoms with Gasteiger partial charge < -0.3 is 9.42 Å². The summed E-state index contributed by atoms with van der Waals surface area (Å²) in [5.74, 6) is 2.08. The van der Waals surface area contributed by atoms with Gasteiger partial charge in [-0.25, -0.2) is 4.98 Å². The van der Waals surface area contributed by atoms with E-state index in [2.05, 4.69) is 76.0 Å². The summed E-state index contributed by atoms with van der Waals surface area (Å²) in [5, 5.41) is 10.4. The lowest BCUT2D eigenvalue weighted by molar-refractivity contribution is 0.247. The standard InChI is InChI=1S/C28H35N7OSi/c1-20-17-25(28-30-27(32-36-28)22-6-10-24(11-7-22)37(2,3)4)31-35(20)19-21-5-12-26(29-18-21)34-15-13-33(14-16-34)23-8-9-23/h5-7,10-12,17-18,23H,8-9,13-16,19H2,1-4H3. The second-order valence-electron chi connectivity index (χ2n) is 11.4. The minimum Gasteiger partial charge on any atom is -0.354 e. The highest BCUT2D eigenvalue weighted by Crippen LogP contribution is 2.28. The summed E-state index contributed by atoms with van der Waals surface area (Å²) in [5.41, 5.74) is 3.79. The lowest BCUT2D eigenvalue weighted by atomic mass is 10.2. The van der Waals surface area contributed by atoms with Gasteiger partial charge in [-0.15, -0.1) is 0 Å². The van der Waals surface area contributed by atoms with E-state index < -0.39 is 8.07 Å². The molecule has 0 amide bonds. The molecule has 0 spiro atoms. The highest BCUT2D eigenvalue weighted by atomic mass is 28.3. The van der Waals surface area contributed by atoms with E-state index in [1.165, 1.54) is 18.0 Å². The topological polar surface area (TPSA) is 76.1 Å². The molecule has 192 valence electrons. The van der Waals surface area contributed by atoms with Gasteiger partial charge in [0, 0.05) is 49.7 Å². The Hall–Kier alpha value is -3.30. The van der Waals surface area contributed by atoms with Crippen LogP contribution in [0, 0.1) is 6.92 Å². The third-order valence-corrected chi connectivity index (χ3v) is 9.54. The van der Waals surface area contributed by atoms with Gasteiger partial charge in [0.15, 0.2) is 5.69 Å². The van der Waals surface area contributed by atoms with E-state index in [1.807, 2.05) is 23.9 Å². The normalized spacial score (nSPS) is 16.9. The number of rotatable bonds is 7. The van der Waals surface area contributed by atoms with E-state index in [0.717, 1.165) is 54.9 Å². The van der Waals surface area contributed by atoms with E-state index >= 15 is 0 Å². The van der Waals surface area contributed by atoms with Gasteiger partial charge in [-0.2, -0.15) is 10.1 Å². The van der Waals surface area contributed by atoms with Gasteiger partial charge in [0.25, 0.3) is 5.89 Å². The van der Waals surface area contributed by atoms with Crippen LogP contribution in [0.3, 0.4) is 0 Å². The molecule has 4 heterocycles. The minimum atomic E-state index is -1.34. The summed E-state index contributed by atoms with van der Waals surface area (Å²) in [6.45, 7) is 14.1. The summed E-state index contributed by atoms with van der Waals surface area (Å²) in [7, 11) is -1.34. The molecule has 37 heavy (non-hydrogen) atoms. The SMILES string of the molecule is Cc1cc(-c2nc(-c3ccc([Si](C)(C)C)cc3)no2)nn1Cc1ccc(N2CCN(C3CC3)CC2)nc1. The number of piperazine rings is 1. The summed E-state index contributed by atoms with van der Waals surface area (Å²) < 4.78 is 7.55. The highest BCUT2D eigenvalue weighted by Gasteiger charge is 2.31. The molecular weight excluding hydrogens is 478 g/mol. The van der Waals surface area contributed by atoms with Crippen molar-refractivity contribution in [2.24, 2.45) is 0 Å². The number of pyridine rings is 1. The van der Waals surface area contributed by atoms with Crippen LogP contribution in [-0.4, -0.2) is 70.1 Å². The molecule has 0 atom stereocenters. The molecule has 4 aromatic rings.